The van der Waals surface area contributed by atoms with Crippen LogP contribution in [0.3, 0.4) is 0 Å². The van der Waals surface area contributed by atoms with Gasteiger partial charge in [-0.1, -0.05) is 44.5 Å². The molecular weight excluding hydrogens is 428 g/mol. The molecule has 0 aromatic heterocycles. The van der Waals surface area contributed by atoms with Crippen LogP contribution in [0, 0.1) is 5.41 Å². The first-order valence-electron chi connectivity index (χ1n) is 9.62. The first-order chi connectivity index (χ1) is 13.9. The lowest BCUT2D eigenvalue weighted by Gasteiger charge is -2.30. The van der Waals surface area contributed by atoms with Gasteiger partial charge in [-0.3, -0.25) is 4.79 Å². The van der Waals surface area contributed by atoms with E-state index in [0.717, 1.165) is 5.39 Å². The Kier molecular flexibility index (Phi) is 6.13. The molecule has 3 rings (SSSR count). The van der Waals surface area contributed by atoms with Crippen LogP contribution < -0.4 is 4.72 Å². The third-order valence-corrected chi connectivity index (χ3v) is 6.79. The van der Waals surface area contributed by atoms with Gasteiger partial charge in [-0.2, -0.15) is 4.72 Å². The molecule has 1 aliphatic rings. The fourth-order valence-corrected chi connectivity index (χ4v) is 5.09. The molecule has 2 atom stereocenters. The summed E-state index contributed by atoms with van der Waals surface area (Å²) >= 11 is 5.96. The maximum absolute atomic E-state index is 12.9. The molecule has 0 unspecified atom stereocenters. The van der Waals surface area contributed by atoms with Gasteiger partial charge in [-0.25, -0.2) is 13.2 Å². The lowest BCUT2D eigenvalue weighted by atomic mass is 9.87. The Morgan fingerprint density at radius 3 is 2.50 bits per heavy atom. The molecule has 1 fully saturated rings. The molecule has 2 aromatic carbocycles. The molecule has 1 heterocycles. The number of likely N-dealkylation sites (tertiary alicyclic amines) is 1. The summed E-state index contributed by atoms with van der Waals surface area (Å²) in [5.41, 5.74) is -0.297. The Labute approximate surface area is 181 Å². The predicted molar refractivity (Wildman–Crippen MR) is 115 cm³/mol. The number of benzene rings is 2. The third kappa shape index (κ3) is 4.94. The second-order valence-corrected chi connectivity index (χ2v) is 10.9. The maximum Gasteiger partial charge on any atom is 0.326 e. The number of aliphatic carboxylic acids is 1. The molecule has 0 aliphatic carbocycles. The van der Waals surface area contributed by atoms with Crippen LogP contribution in [0.1, 0.15) is 33.6 Å². The molecule has 7 nitrogen and oxygen atoms in total. The van der Waals surface area contributed by atoms with E-state index < -0.39 is 34.0 Å². The molecule has 0 spiro atoms. The number of carbonyl (C=O) groups excluding carboxylic acids is 1. The first kappa shape index (κ1) is 22.5. The maximum atomic E-state index is 12.9. The zero-order valence-electron chi connectivity index (χ0n) is 17.1. The number of fused-ring (bicyclic) bond motifs is 1. The zero-order chi connectivity index (χ0) is 22.3. The molecule has 1 aliphatic heterocycles. The van der Waals surface area contributed by atoms with E-state index >= 15 is 0 Å². The van der Waals surface area contributed by atoms with Crippen LogP contribution in [0.2, 0.25) is 5.02 Å². The van der Waals surface area contributed by atoms with Crippen molar-refractivity contribution in [1.29, 1.82) is 0 Å². The molecule has 30 heavy (non-hydrogen) atoms. The van der Waals surface area contributed by atoms with E-state index in [9.17, 15) is 23.1 Å². The van der Waals surface area contributed by atoms with Crippen molar-refractivity contribution in [3.05, 3.63) is 41.4 Å². The second kappa shape index (κ2) is 8.17. The lowest BCUT2D eigenvalue weighted by Crippen LogP contribution is -2.48. The van der Waals surface area contributed by atoms with Gasteiger partial charge in [0.05, 0.1) is 4.90 Å². The van der Waals surface area contributed by atoms with Crippen LogP contribution in [0.4, 0.5) is 0 Å². The average Bonchev–Trinajstić information content (AvgIpc) is 2.98. The predicted octanol–water partition coefficient (Wildman–Crippen LogP) is 3.26. The molecular formula is C21H25ClN2O5S. The summed E-state index contributed by atoms with van der Waals surface area (Å²) in [6, 6.07) is 7.79. The molecule has 2 aromatic rings. The fraction of sp³-hybridized carbons (Fsp3) is 0.429. The number of halogens is 1. The van der Waals surface area contributed by atoms with Crippen molar-refractivity contribution < 1.29 is 23.1 Å². The van der Waals surface area contributed by atoms with Crippen molar-refractivity contribution >= 4 is 44.3 Å². The minimum absolute atomic E-state index is 0.0352. The van der Waals surface area contributed by atoms with Crippen LogP contribution in [-0.2, 0) is 19.6 Å². The molecule has 9 heteroatoms. The summed E-state index contributed by atoms with van der Waals surface area (Å²) in [6.45, 7) is 5.89. The Morgan fingerprint density at radius 2 is 1.87 bits per heavy atom. The van der Waals surface area contributed by atoms with Crippen molar-refractivity contribution in [1.82, 2.24) is 9.62 Å². The summed E-state index contributed by atoms with van der Waals surface area (Å²) < 4.78 is 28.2. The zero-order valence-corrected chi connectivity index (χ0v) is 18.6. The van der Waals surface area contributed by atoms with Crippen molar-refractivity contribution in [2.45, 2.75) is 50.6 Å². The van der Waals surface area contributed by atoms with E-state index in [1.165, 1.54) is 17.0 Å². The number of amides is 1. The summed E-state index contributed by atoms with van der Waals surface area (Å²) in [7, 11) is -3.96. The van der Waals surface area contributed by atoms with Crippen LogP contribution in [0.25, 0.3) is 10.8 Å². The number of nitrogens with one attached hydrogen (secondary N) is 1. The molecule has 1 amide bonds. The first-order valence-corrected chi connectivity index (χ1v) is 11.5. The normalized spacial score (nSPS) is 18.7. The molecule has 0 saturated carbocycles. The number of hydrogen-bond donors (Lipinski definition) is 2. The van der Waals surface area contributed by atoms with E-state index in [1.54, 1.807) is 24.3 Å². The SMILES string of the molecule is CC(C)(C)C[C@H](C(=O)O)N1CC[C@H](NS(=O)(=O)c2ccc3cc(Cl)ccc3c2)C1=O. The van der Waals surface area contributed by atoms with Gasteiger partial charge < -0.3 is 10.0 Å². The standard InChI is InChI=1S/C21H25ClN2O5S/c1-21(2,3)12-18(20(26)27)24-9-8-17(19(24)25)23-30(28,29)16-7-5-13-10-15(22)6-4-14(13)11-16/h4-7,10-11,17-18,23H,8-9,12H2,1-3H3,(H,26,27)/t17-,18+/m0/s1. The Hall–Kier alpha value is -2.16. The molecule has 1 saturated heterocycles. The molecule has 162 valence electrons. The quantitative estimate of drug-likeness (QED) is 0.700. The van der Waals surface area contributed by atoms with Crippen molar-refractivity contribution in [3.63, 3.8) is 0 Å². The highest BCUT2D eigenvalue weighted by molar-refractivity contribution is 7.89. The summed E-state index contributed by atoms with van der Waals surface area (Å²) in [4.78, 5) is 25.8. The fourth-order valence-electron chi connectivity index (χ4n) is 3.65. The Morgan fingerprint density at radius 1 is 1.23 bits per heavy atom. The Bertz CT molecular complexity index is 1090. The van der Waals surface area contributed by atoms with Gasteiger partial charge in [-0.05, 0) is 53.3 Å². The number of hydrogen-bond acceptors (Lipinski definition) is 4. The topological polar surface area (TPSA) is 104 Å². The van der Waals surface area contributed by atoms with Crippen molar-refractivity contribution in [2.24, 2.45) is 5.41 Å². The Balaban J connectivity index is 1.80. The number of carboxylic acid groups (broad SMARTS) is 1. The van der Waals surface area contributed by atoms with Crippen molar-refractivity contribution in [3.8, 4) is 0 Å². The smallest absolute Gasteiger partial charge is 0.326 e. The number of rotatable bonds is 6. The van der Waals surface area contributed by atoms with Crippen LogP contribution in [0.5, 0.6) is 0 Å². The number of carbonyl (C=O) groups is 2. The monoisotopic (exact) mass is 452 g/mol. The van der Waals surface area contributed by atoms with E-state index in [2.05, 4.69) is 4.72 Å². The minimum atomic E-state index is -3.96. The van der Waals surface area contributed by atoms with Gasteiger partial charge in [-0.15, -0.1) is 0 Å². The highest BCUT2D eigenvalue weighted by Gasteiger charge is 2.42. The van der Waals surface area contributed by atoms with Crippen LogP contribution in [0.15, 0.2) is 41.3 Å². The average molecular weight is 453 g/mol. The van der Waals surface area contributed by atoms with Crippen LogP contribution >= 0.6 is 11.6 Å². The van der Waals surface area contributed by atoms with Gasteiger partial charge in [0.1, 0.15) is 12.1 Å². The van der Waals surface area contributed by atoms with E-state index in [-0.39, 0.29) is 29.7 Å². The number of sulfonamides is 1. The van der Waals surface area contributed by atoms with Gasteiger partial charge in [0.2, 0.25) is 15.9 Å². The van der Waals surface area contributed by atoms with Crippen LogP contribution in [-0.4, -0.2) is 48.9 Å². The number of carboxylic acids is 1. The summed E-state index contributed by atoms with van der Waals surface area (Å²) in [5.74, 6) is -1.60. The highest BCUT2D eigenvalue weighted by Crippen LogP contribution is 2.28. The van der Waals surface area contributed by atoms with E-state index in [1.807, 2.05) is 20.8 Å². The molecule has 2 N–H and O–H groups in total. The van der Waals surface area contributed by atoms with Crippen molar-refractivity contribution in [2.75, 3.05) is 6.54 Å². The van der Waals surface area contributed by atoms with Gasteiger partial charge in [0.25, 0.3) is 0 Å². The van der Waals surface area contributed by atoms with E-state index in [4.69, 9.17) is 11.6 Å². The number of nitrogens with zero attached hydrogens (tertiary/aromatic N) is 1. The molecule has 0 radical (unpaired) electrons. The molecule has 0 bridgehead atoms. The highest BCUT2D eigenvalue weighted by atomic mass is 35.5. The van der Waals surface area contributed by atoms with E-state index in [0.29, 0.717) is 10.4 Å². The third-order valence-electron chi connectivity index (χ3n) is 5.09. The minimum Gasteiger partial charge on any atom is -0.480 e. The van der Waals surface area contributed by atoms with Gasteiger partial charge in [0, 0.05) is 11.6 Å². The van der Waals surface area contributed by atoms with Gasteiger partial charge in [0.15, 0.2) is 0 Å². The van der Waals surface area contributed by atoms with Gasteiger partial charge >= 0.3 is 5.97 Å². The second-order valence-electron chi connectivity index (χ2n) is 8.77. The summed E-state index contributed by atoms with van der Waals surface area (Å²) in [5, 5.41) is 11.6. The lowest BCUT2D eigenvalue weighted by molar-refractivity contribution is -0.149. The largest absolute Gasteiger partial charge is 0.480 e. The summed E-state index contributed by atoms with van der Waals surface area (Å²) in [6.07, 6.45) is 0.496.